The lowest BCUT2D eigenvalue weighted by Crippen LogP contribution is -2.16. The first-order valence-corrected chi connectivity index (χ1v) is 8.73. The molecule has 7 heteroatoms. The van der Waals surface area contributed by atoms with E-state index >= 15 is 0 Å². The molecule has 0 saturated heterocycles. The molecule has 0 spiro atoms. The number of nitrogens with zero attached hydrogens (tertiary/aromatic N) is 2. The molecule has 0 unspecified atom stereocenters. The summed E-state index contributed by atoms with van der Waals surface area (Å²) < 4.78 is 13.8. The van der Waals surface area contributed by atoms with Gasteiger partial charge in [-0.3, -0.25) is 4.79 Å². The molecule has 1 aromatic heterocycles. The number of benzene rings is 2. The zero-order valence-corrected chi connectivity index (χ0v) is 14.6. The summed E-state index contributed by atoms with van der Waals surface area (Å²) in [5.74, 6) is 1.08. The van der Waals surface area contributed by atoms with Crippen LogP contribution in [0.1, 0.15) is 10.4 Å². The van der Waals surface area contributed by atoms with E-state index in [1.54, 1.807) is 30.3 Å². The summed E-state index contributed by atoms with van der Waals surface area (Å²) in [6.45, 7) is 4.55. The van der Waals surface area contributed by atoms with Gasteiger partial charge in [0.05, 0.1) is 10.2 Å². The number of hydrogen-bond acceptors (Lipinski definition) is 4. The fraction of sp³-hybridized carbons (Fsp3) is 0.111. The number of hydrogen-bond donors (Lipinski definition) is 0. The van der Waals surface area contributed by atoms with Gasteiger partial charge in [-0.15, -0.1) is 6.58 Å². The molecule has 3 aromatic rings. The van der Waals surface area contributed by atoms with Gasteiger partial charge in [0.25, 0.3) is 5.91 Å². The van der Waals surface area contributed by atoms with Crippen LogP contribution in [0.25, 0.3) is 10.2 Å². The molecule has 25 heavy (non-hydrogen) atoms. The van der Waals surface area contributed by atoms with E-state index in [0.29, 0.717) is 33.4 Å². The molecule has 2 heterocycles. The van der Waals surface area contributed by atoms with E-state index in [1.165, 1.54) is 11.3 Å². The maximum atomic E-state index is 12.5. The van der Waals surface area contributed by atoms with Crippen molar-refractivity contribution in [3.8, 4) is 11.5 Å². The second-order valence-electron chi connectivity index (χ2n) is 5.38. The summed E-state index contributed by atoms with van der Waals surface area (Å²) in [7, 11) is 0. The normalized spacial score (nSPS) is 13.4. The smallest absolute Gasteiger partial charge is 0.279 e. The molecule has 4 rings (SSSR count). The third-order valence-electron chi connectivity index (χ3n) is 3.78. The molecular formula is C18H13ClN2O3S. The third-order valence-corrected chi connectivity index (χ3v) is 5.07. The van der Waals surface area contributed by atoms with Crippen LogP contribution < -0.4 is 14.3 Å². The minimum atomic E-state index is -0.318. The molecular weight excluding hydrogens is 360 g/mol. The Morgan fingerprint density at radius 2 is 2.00 bits per heavy atom. The third kappa shape index (κ3) is 2.94. The SMILES string of the molecule is C=CCn1c(=NC(=O)c2ccc(Cl)cc2)sc2cc3c(cc21)OCO3. The van der Waals surface area contributed by atoms with Crippen LogP contribution in [0.15, 0.2) is 54.0 Å². The molecule has 0 atom stereocenters. The number of thiazole rings is 1. The Bertz CT molecular complexity index is 1050. The molecule has 1 amide bonds. The number of allylic oxidation sites excluding steroid dienone is 1. The van der Waals surface area contributed by atoms with E-state index in [1.807, 2.05) is 16.7 Å². The fourth-order valence-electron chi connectivity index (χ4n) is 2.59. The van der Waals surface area contributed by atoms with Crippen LogP contribution in [0, 0.1) is 0 Å². The molecule has 0 N–H and O–H groups in total. The first-order chi connectivity index (χ1) is 12.2. The summed E-state index contributed by atoms with van der Waals surface area (Å²) in [4.78, 5) is 17.4. The number of rotatable bonds is 3. The Kier molecular flexibility index (Phi) is 4.07. The van der Waals surface area contributed by atoms with Crippen molar-refractivity contribution >= 4 is 39.1 Å². The van der Waals surface area contributed by atoms with E-state index < -0.39 is 0 Å². The summed E-state index contributed by atoms with van der Waals surface area (Å²) in [6.07, 6.45) is 1.77. The highest BCUT2D eigenvalue weighted by Crippen LogP contribution is 2.36. The zero-order chi connectivity index (χ0) is 17.4. The quantitative estimate of drug-likeness (QED) is 0.653. The predicted octanol–water partition coefficient (Wildman–Crippen LogP) is 4.01. The van der Waals surface area contributed by atoms with Crippen molar-refractivity contribution in [2.24, 2.45) is 4.99 Å². The Hall–Kier alpha value is -2.57. The lowest BCUT2D eigenvalue weighted by atomic mass is 10.2. The van der Waals surface area contributed by atoms with Gasteiger partial charge in [-0.25, -0.2) is 0 Å². The van der Waals surface area contributed by atoms with Crippen LogP contribution in [0.4, 0.5) is 0 Å². The maximum absolute atomic E-state index is 12.5. The Morgan fingerprint density at radius 1 is 1.28 bits per heavy atom. The van der Waals surface area contributed by atoms with E-state index in [9.17, 15) is 4.79 Å². The summed E-state index contributed by atoms with van der Waals surface area (Å²) >= 11 is 7.29. The van der Waals surface area contributed by atoms with Gasteiger partial charge in [0.2, 0.25) is 6.79 Å². The number of aromatic nitrogens is 1. The highest BCUT2D eigenvalue weighted by Gasteiger charge is 2.17. The molecule has 2 aromatic carbocycles. The number of fused-ring (bicyclic) bond motifs is 2. The summed E-state index contributed by atoms with van der Waals surface area (Å²) in [5.41, 5.74) is 1.41. The molecule has 0 saturated carbocycles. The van der Waals surface area contributed by atoms with E-state index in [-0.39, 0.29) is 12.7 Å². The van der Waals surface area contributed by atoms with Gasteiger partial charge in [0, 0.05) is 29.3 Å². The van der Waals surface area contributed by atoms with E-state index in [0.717, 1.165) is 10.2 Å². The van der Waals surface area contributed by atoms with Gasteiger partial charge in [-0.2, -0.15) is 4.99 Å². The largest absolute Gasteiger partial charge is 0.454 e. The van der Waals surface area contributed by atoms with Crippen molar-refractivity contribution in [2.75, 3.05) is 6.79 Å². The van der Waals surface area contributed by atoms with Crippen molar-refractivity contribution in [3.05, 3.63) is 64.4 Å². The van der Waals surface area contributed by atoms with Crippen molar-refractivity contribution < 1.29 is 14.3 Å². The van der Waals surface area contributed by atoms with Crippen LogP contribution in [0.5, 0.6) is 11.5 Å². The Balaban J connectivity index is 1.85. The topological polar surface area (TPSA) is 52.8 Å². The van der Waals surface area contributed by atoms with Gasteiger partial charge < -0.3 is 14.0 Å². The maximum Gasteiger partial charge on any atom is 0.279 e. The Morgan fingerprint density at radius 3 is 2.72 bits per heavy atom. The van der Waals surface area contributed by atoms with Crippen molar-refractivity contribution in [1.82, 2.24) is 4.57 Å². The minimum Gasteiger partial charge on any atom is -0.454 e. The van der Waals surface area contributed by atoms with Gasteiger partial charge >= 0.3 is 0 Å². The molecule has 0 aliphatic carbocycles. The van der Waals surface area contributed by atoms with E-state index in [4.69, 9.17) is 21.1 Å². The first-order valence-electron chi connectivity index (χ1n) is 7.54. The number of carbonyl (C=O) groups excluding carboxylic acids is 1. The number of amides is 1. The van der Waals surface area contributed by atoms with Gasteiger partial charge in [-0.1, -0.05) is 29.0 Å². The van der Waals surface area contributed by atoms with Crippen molar-refractivity contribution in [3.63, 3.8) is 0 Å². The van der Waals surface area contributed by atoms with E-state index in [2.05, 4.69) is 11.6 Å². The summed E-state index contributed by atoms with van der Waals surface area (Å²) in [5, 5.41) is 0.578. The van der Waals surface area contributed by atoms with Crippen LogP contribution in [-0.4, -0.2) is 17.3 Å². The van der Waals surface area contributed by atoms with Gasteiger partial charge in [0.1, 0.15) is 0 Å². The van der Waals surface area contributed by atoms with Crippen LogP contribution in [0.2, 0.25) is 5.02 Å². The molecule has 5 nitrogen and oxygen atoms in total. The predicted molar refractivity (Wildman–Crippen MR) is 97.5 cm³/mol. The lowest BCUT2D eigenvalue weighted by Gasteiger charge is -2.02. The summed E-state index contributed by atoms with van der Waals surface area (Å²) in [6, 6.07) is 10.5. The standard InChI is InChI=1S/C18H13ClN2O3S/c1-2-7-21-13-8-14-15(24-10-23-14)9-16(13)25-18(21)20-17(22)11-3-5-12(19)6-4-11/h2-6,8-9H,1,7,10H2. The molecule has 1 aliphatic heterocycles. The minimum absolute atomic E-state index is 0.223. The molecule has 126 valence electrons. The van der Waals surface area contributed by atoms with Crippen LogP contribution >= 0.6 is 22.9 Å². The van der Waals surface area contributed by atoms with Gasteiger partial charge in [0.15, 0.2) is 16.3 Å². The van der Waals surface area contributed by atoms with Crippen LogP contribution in [-0.2, 0) is 6.54 Å². The number of ether oxygens (including phenoxy) is 2. The lowest BCUT2D eigenvalue weighted by molar-refractivity contribution is 0.0998. The fourth-order valence-corrected chi connectivity index (χ4v) is 3.77. The number of carbonyl (C=O) groups is 1. The average Bonchev–Trinajstić information content (AvgIpc) is 3.18. The van der Waals surface area contributed by atoms with Crippen LogP contribution in [0.3, 0.4) is 0 Å². The number of halogens is 1. The molecule has 0 radical (unpaired) electrons. The highest BCUT2D eigenvalue weighted by atomic mass is 35.5. The zero-order valence-electron chi connectivity index (χ0n) is 13.1. The molecule has 0 fully saturated rings. The highest BCUT2D eigenvalue weighted by molar-refractivity contribution is 7.16. The second kappa shape index (κ2) is 6.38. The first kappa shape index (κ1) is 15.9. The van der Waals surface area contributed by atoms with Crippen molar-refractivity contribution in [2.45, 2.75) is 6.54 Å². The van der Waals surface area contributed by atoms with Crippen molar-refractivity contribution in [1.29, 1.82) is 0 Å². The Labute approximate surface area is 152 Å². The average molecular weight is 373 g/mol. The second-order valence-corrected chi connectivity index (χ2v) is 6.83. The monoisotopic (exact) mass is 372 g/mol. The molecule has 0 bridgehead atoms. The van der Waals surface area contributed by atoms with Gasteiger partial charge in [-0.05, 0) is 24.3 Å². The molecule has 1 aliphatic rings.